The summed E-state index contributed by atoms with van der Waals surface area (Å²) in [4.78, 5) is 12.1. The fraction of sp³-hybridized carbons (Fsp3) is 0.533. The van der Waals surface area contributed by atoms with Gasteiger partial charge in [-0.2, -0.15) is 0 Å². The minimum atomic E-state index is -0.687. The van der Waals surface area contributed by atoms with Crippen LogP contribution < -0.4 is 5.32 Å². The first kappa shape index (κ1) is 15.3. The number of ether oxygens (including phenoxy) is 2. The topological polar surface area (TPSA) is 47.6 Å². The van der Waals surface area contributed by atoms with Gasteiger partial charge >= 0.3 is 5.97 Å². The maximum absolute atomic E-state index is 12.1. The van der Waals surface area contributed by atoms with E-state index >= 15 is 0 Å². The molecule has 0 amide bonds. The fourth-order valence-corrected chi connectivity index (χ4v) is 2.37. The van der Waals surface area contributed by atoms with E-state index in [2.05, 4.69) is 5.32 Å². The summed E-state index contributed by atoms with van der Waals surface area (Å²) in [5.41, 5.74) is 0.226. The Labute approximate surface area is 124 Å². The Morgan fingerprint density at radius 2 is 1.95 bits per heavy atom. The molecule has 1 aliphatic rings. The molecule has 0 bridgehead atoms. The molecular formula is C15H20ClNO3. The summed E-state index contributed by atoms with van der Waals surface area (Å²) in [6.07, 6.45) is -0.863. The molecule has 2 rings (SSSR count). The number of esters is 1. The number of carbonyl (C=O) groups excluding carboxylic acids is 1. The summed E-state index contributed by atoms with van der Waals surface area (Å²) in [5.74, 6) is -0.115. The number of benzene rings is 1. The molecule has 1 aromatic carbocycles. The summed E-state index contributed by atoms with van der Waals surface area (Å²) >= 11 is 5.89. The standard InChI is InChI=1S/C15H20ClNO3/c1-9(2)15(3)14(18)20-13(17-15)12(19-4)10-5-7-11(16)8-6-10/h5-9,12-13,17H,1-4H3. The maximum Gasteiger partial charge on any atom is 0.328 e. The van der Waals surface area contributed by atoms with Crippen LogP contribution in [0, 0.1) is 5.92 Å². The molecule has 0 spiro atoms. The number of nitrogens with one attached hydrogen (secondary N) is 1. The van der Waals surface area contributed by atoms with Crippen molar-refractivity contribution in [2.45, 2.75) is 38.6 Å². The lowest BCUT2D eigenvalue weighted by atomic mass is 9.89. The highest BCUT2D eigenvalue weighted by Crippen LogP contribution is 2.32. The predicted octanol–water partition coefficient (Wildman–Crippen LogP) is 2.91. The van der Waals surface area contributed by atoms with Crippen LogP contribution in [-0.4, -0.2) is 24.8 Å². The zero-order valence-electron chi connectivity index (χ0n) is 12.1. The molecule has 5 heteroatoms. The molecule has 0 aliphatic carbocycles. The molecule has 1 heterocycles. The second-order valence-electron chi connectivity index (χ2n) is 5.54. The van der Waals surface area contributed by atoms with E-state index in [9.17, 15) is 4.79 Å². The average Bonchev–Trinajstić information content (AvgIpc) is 2.70. The summed E-state index contributed by atoms with van der Waals surface area (Å²) in [6.45, 7) is 5.83. The molecular weight excluding hydrogens is 278 g/mol. The van der Waals surface area contributed by atoms with Crippen molar-refractivity contribution >= 4 is 17.6 Å². The van der Waals surface area contributed by atoms with Crippen molar-refractivity contribution in [3.05, 3.63) is 34.9 Å². The van der Waals surface area contributed by atoms with Crippen LogP contribution in [-0.2, 0) is 14.3 Å². The summed E-state index contributed by atoms with van der Waals surface area (Å²) in [7, 11) is 1.60. The third-order valence-electron chi connectivity index (χ3n) is 3.98. The largest absolute Gasteiger partial charge is 0.442 e. The van der Waals surface area contributed by atoms with Gasteiger partial charge in [0, 0.05) is 12.1 Å². The predicted molar refractivity (Wildman–Crippen MR) is 77.5 cm³/mol. The number of cyclic esters (lactones) is 1. The van der Waals surface area contributed by atoms with Crippen LogP contribution in [0.5, 0.6) is 0 Å². The van der Waals surface area contributed by atoms with E-state index in [1.165, 1.54) is 0 Å². The van der Waals surface area contributed by atoms with E-state index < -0.39 is 11.8 Å². The molecule has 1 aliphatic heterocycles. The SMILES string of the molecule is COC(c1ccc(Cl)cc1)C1NC(C)(C(C)C)C(=O)O1. The lowest BCUT2D eigenvalue weighted by molar-refractivity contribution is -0.150. The van der Waals surface area contributed by atoms with E-state index in [4.69, 9.17) is 21.1 Å². The van der Waals surface area contributed by atoms with Crippen molar-refractivity contribution in [3.8, 4) is 0 Å². The third-order valence-corrected chi connectivity index (χ3v) is 4.23. The molecule has 4 nitrogen and oxygen atoms in total. The molecule has 3 atom stereocenters. The average molecular weight is 298 g/mol. The van der Waals surface area contributed by atoms with Gasteiger partial charge in [-0.3, -0.25) is 5.32 Å². The minimum absolute atomic E-state index is 0.128. The lowest BCUT2D eigenvalue weighted by Crippen LogP contribution is -2.50. The Kier molecular flexibility index (Phi) is 4.37. The first-order valence-corrected chi connectivity index (χ1v) is 7.03. The van der Waals surface area contributed by atoms with E-state index in [0.29, 0.717) is 5.02 Å². The van der Waals surface area contributed by atoms with Gasteiger partial charge in [0.25, 0.3) is 0 Å². The van der Waals surface area contributed by atoms with Gasteiger partial charge in [-0.05, 0) is 30.5 Å². The van der Waals surface area contributed by atoms with Crippen LogP contribution >= 0.6 is 11.6 Å². The normalized spacial score (nSPS) is 27.7. The van der Waals surface area contributed by atoms with Crippen molar-refractivity contribution < 1.29 is 14.3 Å². The van der Waals surface area contributed by atoms with E-state index in [-0.39, 0.29) is 18.0 Å². The number of rotatable bonds is 4. The molecule has 1 fully saturated rings. The number of hydrogen-bond acceptors (Lipinski definition) is 4. The van der Waals surface area contributed by atoms with Crippen LogP contribution in [0.4, 0.5) is 0 Å². The van der Waals surface area contributed by atoms with Crippen LogP contribution in [0.2, 0.25) is 5.02 Å². The number of hydrogen-bond donors (Lipinski definition) is 1. The Bertz CT molecular complexity index is 488. The van der Waals surface area contributed by atoms with E-state index in [1.807, 2.05) is 32.9 Å². The number of methoxy groups -OCH3 is 1. The molecule has 0 radical (unpaired) electrons. The van der Waals surface area contributed by atoms with Gasteiger partial charge in [0.2, 0.25) is 0 Å². The highest BCUT2D eigenvalue weighted by atomic mass is 35.5. The van der Waals surface area contributed by atoms with Gasteiger partial charge in [-0.1, -0.05) is 37.6 Å². The highest BCUT2D eigenvalue weighted by Gasteiger charge is 2.49. The minimum Gasteiger partial charge on any atom is -0.442 e. The molecule has 0 saturated carbocycles. The van der Waals surface area contributed by atoms with Crippen molar-refractivity contribution in [2.24, 2.45) is 5.92 Å². The summed E-state index contributed by atoms with van der Waals surface area (Å²) in [5, 5.41) is 3.91. The van der Waals surface area contributed by atoms with Gasteiger partial charge in [0.1, 0.15) is 11.6 Å². The lowest BCUT2D eigenvalue weighted by Gasteiger charge is -2.26. The third kappa shape index (κ3) is 2.68. The van der Waals surface area contributed by atoms with E-state index in [0.717, 1.165) is 5.56 Å². The van der Waals surface area contributed by atoms with Crippen molar-refractivity contribution in [1.82, 2.24) is 5.32 Å². The molecule has 110 valence electrons. The summed E-state index contributed by atoms with van der Waals surface area (Å²) in [6, 6.07) is 7.33. The Balaban J connectivity index is 2.22. The number of carbonyl (C=O) groups is 1. The Hall–Kier alpha value is -1.10. The van der Waals surface area contributed by atoms with Gasteiger partial charge in [-0.25, -0.2) is 4.79 Å². The molecule has 1 N–H and O–H groups in total. The van der Waals surface area contributed by atoms with Crippen LogP contribution in [0.1, 0.15) is 32.4 Å². The summed E-state index contributed by atoms with van der Waals surface area (Å²) < 4.78 is 11.0. The van der Waals surface area contributed by atoms with Crippen molar-refractivity contribution in [1.29, 1.82) is 0 Å². The smallest absolute Gasteiger partial charge is 0.328 e. The highest BCUT2D eigenvalue weighted by molar-refractivity contribution is 6.30. The van der Waals surface area contributed by atoms with Crippen LogP contribution in [0.15, 0.2) is 24.3 Å². The zero-order valence-corrected chi connectivity index (χ0v) is 12.9. The van der Waals surface area contributed by atoms with Gasteiger partial charge < -0.3 is 9.47 Å². The quantitative estimate of drug-likeness (QED) is 0.868. The van der Waals surface area contributed by atoms with Crippen LogP contribution in [0.25, 0.3) is 0 Å². The Morgan fingerprint density at radius 1 is 1.35 bits per heavy atom. The van der Waals surface area contributed by atoms with Crippen molar-refractivity contribution in [2.75, 3.05) is 7.11 Å². The van der Waals surface area contributed by atoms with Gasteiger partial charge in [0.05, 0.1) is 0 Å². The number of halogens is 1. The van der Waals surface area contributed by atoms with Crippen LogP contribution in [0.3, 0.4) is 0 Å². The maximum atomic E-state index is 12.1. The molecule has 1 aromatic rings. The monoisotopic (exact) mass is 297 g/mol. The molecule has 20 heavy (non-hydrogen) atoms. The molecule has 0 aromatic heterocycles. The Morgan fingerprint density at radius 3 is 2.40 bits per heavy atom. The second kappa shape index (κ2) is 5.72. The molecule has 3 unspecified atom stereocenters. The zero-order chi connectivity index (χ0) is 14.9. The first-order valence-electron chi connectivity index (χ1n) is 6.65. The second-order valence-corrected chi connectivity index (χ2v) is 5.97. The first-order chi connectivity index (χ1) is 9.38. The molecule has 1 saturated heterocycles. The van der Waals surface area contributed by atoms with Crippen molar-refractivity contribution in [3.63, 3.8) is 0 Å². The van der Waals surface area contributed by atoms with Gasteiger partial charge in [0.15, 0.2) is 6.23 Å². The van der Waals surface area contributed by atoms with E-state index in [1.54, 1.807) is 19.2 Å². The fourth-order valence-electron chi connectivity index (χ4n) is 2.25. The van der Waals surface area contributed by atoms with Gasteiger partial charge in [-0.15, -0.1) is 0 Å².